The Kier molecular flexibility index (Phi) is 8.01. The summed E-state index contributed by atoms with van der Waals surface area (Å²) < 4.78 is 5.26. The summed E-state index contributed by atoms with van der Waals surface area (Å²) in [6, 6.07) is 0. The standard InChI is InChI=1S/C14H28N2O2/c1-3-9-16(14(17)7-10-18-4-2)12-13-6-5-8-15-11-13/h13,15H,3-12H2,1-2H3. The highest BCUT2D eigenvalue weighted by Crippen LogP contribution is 2.12. The van der Waals surface area contributed by atoms with Crippen molar-refractivity contribution in [3.8, 4) is 0 Å². The Morgan fingerprint density at radius 3 is 2.89 bits per heavy atom. The molecule has 0 saturated carbocycles. The molecule has 1 fully saturated rings. The molecule has 1 amide bonds. The fraction of sp³-hybridized carbons (Fsp3) is 0.929. The normalized spacial score (nSPS) is 19.8. The molecule has 1 atom stereocenters. The Morgan fingerprint density at radius 2 is 2.28 bits per heavy atom. The van der Waals surface area contributed by atoms with Gasteiger partial charge in [0.25, 0.3) is 0 Å². The third kappa shape index (κ3) is 5.83. The van der Waals surface area contributed by atoms with Crippen molar-refractivity contribution in [2.75, 3.05) is 39.4 Å². The van der Waals surface area contributed by atoms with Gasteiger partial charge in [-0.1, -0.05) is 6.92 Å². The molecule has 0 aromatic rings. The summed E-state index contributed by atoms with van der Waals surface area (Å²) in [7, 11) is 0. The summed E-state index contributed by atoms with van der Waals surface area (Å²) >= 11 is 0. The van der Waals surface area contributed by atoms with E-state index in [0.717, 1.165) is 32.6 Å². The van der Waals surface area contributed by atoms with Crippen LogP contribution < -0.4 is 5.32 Å². The molecule has 0 aromatic heterocycles. The van der Waals surface area contributed by atoms with Crippen molar-refractivity contribution in [3.05, 3.63) is 0 Å². The molecule has 1 heterocycles. The van der Waals surface area contributed by atoms with Crippen LogP contribution in [-0.2, 0) is 9.53 Å². The van der Waals surface area contributed by atoms with Gasteiger partial charge in [-0.25, -0.2) is 0 Å². The maximum atomic E-state index is 12.1. The van der Waals surface area contributed by atoms with Crippen molar-refractivity contribution in [1.29, 1.82) is 0 Å². The van der Waals surface area contributed by atoms with E-state index in [1.54, 1.807) is 0 Å². The van der Waals surface area contributed by atoms with Gasteiger partial charge in [-0.2, -0.15) is 0 Å². The fourth-order valence-corrected chi connectivity index (χ4v) is 2.44. The van der Waals surface area contributed by atoms with Crippen LogP contribution in [-0.4, -0.2) is 50.2 Å². The molecule has 1 saturated heterocycles. The quantitative estimate of drug-likeness (QED) is 0.671. The molecular weight excluding hydrogens is 228 g/mol. The molecule has 0 aromatic carbocycles. The average molecular weight is 256 g/mol. The highest BCUT2D eigenvalue weighted by Gasteiger charge is 2.19. The molecule has 0 spiro atoms. The number of ether oxygens (including phenoxy) is 1. The number of piperidine rings is 1. The Labute approximate surface area is 111 Å². The van der Waals surface area contributed by atoms with E-state index in [4.69, 9.17) is 4.74 Å². The Hall–Kier alpha value is -0.610. The Bertz CT molecular complexity index is 228. The van der Waals surface area contributed by atoms with Crippen LogP contribution in [0.3, 0.4) is 0 Å². The first-order valence-electron chi connectivity index (χ1n) is 7.34. The minimum atomic E-state index is 0.246. The second-order valence-electron chi connectivity index (χ2n) is 5.00. The van der Waals surface area contributed by atoms with Crippen molar-refractivity contribution in [2.24, 2.45) is 5.92 Å². The van der Waals surface area contributed by atoms with E-state index in [1.807, 2.05) is 11.8 Å². The first kappa shape index (κ1) is 15.4. The molecule has 106 valence electrons. The van der Waals surface area contributed by atoms with Crippen molar-refractivity contribution >= 4 is 5.91 Å². The van der Waals surface area contributed by atoms with Gasteiger partial charge in [0, 0.05) is 19.7 Å². The molecular formula is C14H28N2O2. The monoisotopic (exact) mass is 256 g/mol. The minimum Gasteiger partial charge on any atom is -0.381 e. The fourth-order valence-electron chi connectivity index (χ4n) is 2.44. The van der Waals surface area contributed by atoms with E-state index in [1.165, 1.54) is 12.8 Å². The number of nitrogens with zero attached hydrogens (tertiary/aromatic N) is 1. The molecule has 0 radical (unpaired) electrons. The Morgan fingerprint density at radius 1 is 1.44 bits per heavy atom. The Balaban J connectivity index is 2.34. The zero-order valence-corrected chi connectivity index (χ0v) is 11.9. The van der Waals surface area contributed by atoms with E-state index in [-0.39, 0.29) is 5.91 Å². The van der Waals surface area contributed by atoms with Gasteiger partial charge in [0.05, 0.1) is 13.0 Å². The second-order valence-corrected chi connectivity index (χ2v) is 5.00. The summed E-state index contributed by atoms with van der Waals surface area (Å²) in [6.07, 6.45) is 4.03. The van der Waals surface area contributed by atoms with E-state index in [0.29, 0.717) is 25.6 Å². The molecule has 1 unspecified atom stereocenters. The number of carbonyl (C=O) groups excluding carboxylic acids is 1. The smallest absolute Gasteiger partial charge is 0.224 e. The van der Waals surface area contributed by atoms with E-state index < -0.39 is 0 Å². The van der Waals surface area contributed by atoms with Crippen LogP contribution in [0.4, 0.5) is 0 Å². The third-order valence-electron chi connectivity index (χ3n) is 3.39. The van der Waals surface area contributed by atoms with E-state index >= 15 is 0 Å². The highest BCUT2D eigenvalue weighted by atomic mass is 16.5. The molecule has 1 N–H and O–H groups in total. The molecule has 0 bridgehead atoms. The summed E-state index contributed by atoms with van der Waals surface area (Å²) in [5.41, 5.74) is 0. The van der Waals surface area contributed by atoms with Gasteiger partial charge >= 0.3 is 0 Å². The first-order chi connectivity index (χ1) is 8.77. The average Bonchev–Trinajstić information content (AvgIpc) is 2.39. The summed E-state index contributed by atoms with van der Waals surface area (Å²) in [4.78, 5) is 14.1. The molecule has 1 aliphatic rings. The highest BCUT2D eigenvalue weighted by molar-refractivity contribution is 5.76. The van der Waals surface area contributed by atoms with Crippen LogP contribution in [0.1, 0.15) is 39.5 Å². The first-order valence-corrected chi connectivity index (χ1v) is 7.34. The zero-order chi connectivity index (χ0) is 13.2. The predicted octanol–water partition coefficient (Wildman–Crippen LogP) is 1.65. The van der Waals surface area contributed by atoms with E-state index in [2.05, 4.69) is 12.2 Å². The molecule has 1 aliphatic heterocycles. The molecule has 0 aliphatic carbocycles. The van der Waals surface area contributed by atoms with E-state index in [9.17, 15) is 4.79 Å². The van der Waals surface area contributed by atoms with Crippen molar-refractivity contribution in [1.82, 2.24) is 10.2 Å². The lowest BCUT2D eigenvalue weighted by atomic mass is 9.99. The largest absolute Gasteiger partial charge is 0.381 e. The van der Waals surface area contributed by atoms with Gasteiger partial charge in [0.2, 0.25) is 5.91 Å². The van der Waals surface area contributed by atoms with Crippen LogP contribution in [0.15, 0.2) is 0 Å². The summed E-state index contributed by atoms with van der Waals surface area (Å²) in [5.74, 6) is 0.872. The van der Waals surface area contributed by atoms with Gasteiger partial charge in [-0.05, 0) is 45.2 Å². The number of rotatable bonds is 8. The lowest BCUT2D eigenvalue weighted by Gasteiger charge is -2.30. The maximum Gasteiger partial charge on any atom is 0.224 e. The van der Waals surface area contributed by atoms with Gasteiger partial charge in [-0.15, -0.1) is 0 Å². The predicted molar refractivity (Wildman–Crippen MR) is 73.6 cm³/mol. The van der Waals surface area contributed by atoms with Crippen LogP contribution in [0.5, 0.6) is 0 Å². The van der Waals surface area contributed by atoms with Crippen LogP contribution in [0.25, 0.3) is 0 Å². The number of hydrogen-bond acceptors (Lipinski definition) is 3. The molecule has 4 heteroatoms. The third-order valence-corrected chi connectivity index (χ3v) is 3.39. The van der Waals surface area contributed by atoms with Crippen molar-refractivity contribution in [3.63, 3.8) is 0 Å². The zero-order valence-electron chi connectivity index (χ0n) is 11.9. The lowest BCUT2D eigenvalue weighted by Crippen LogP contribution is -2.41. The second kappa shape index (κ2) is 9.34. The number of hydrogen-bond donors (Lipinski definition) is 1. The van der Waals surface area contributed by atoms with Crippen molar-refractivity contribution in [2.45, 2.75) is 39.5 Å². The number of amides is 1. The summed E-state index contributed by atoms with van der Waals surface area (Å²) in [6.45, 7) is 9.30. The maximum absolute atomic E-state index is 12.1. The molecule has 18 heavy (non-hydrogen) atoms. The van der Waals surface area contributed by atoms with Crippen molar-refractivity contribution < 1.29 is 9.53 Å². The van der Waals surface area contributed by atoms with Gasteiger partial charge in [0.15, 0.2) is 0 Å². The van der Waals surface area contributed by atoms with Gasteiger partial charge in [0.1, 0.15) is 0 Å². The lowest BCUT2D eigenvalue weighted by molar-refractivity contribution is -0.133. The van der Waals surface area contributed by atoms with Crippen LogP contribution >= 0.6 is 0 Å². The molecule has 4 nitrogen and oxygen atoms in total. The van der Waals surface area contributed by atoms with Crippen LogP contribution in [0.2, 0.25) is 0 Å². The number of nitrogens with one attached hydrogen (secondary N) is 1. The SMILES string of the molecule is CCCN(CC1CCCNC1)C(=O)CCOCC. The van der Waals surface area contributed by atoms with Gasteiger partial charge in [-0.3, -0.25) is 4.79 Å². The summed E-state index contributed by atoms with van der Waals surface area (Å²) in [5, 5.41) is 3.41. The molecule has 1 rings (SSSR count). The number of carbonyl (C=O) groups is 1. The minimum absolute atomic E-state index is 0.246. The topological polar surface area (TPSA) is 41.6 Å². The van der Waals surface area contributed by atoms with Crippen LogP contribution in [0, 0.1) is 5.92 Å². The van der Waals surface area contributed by atoms with Gasteiger partial charge < -0.3 is 15.0 Å².